The number of nitriles is 1. The van der Waals surface area contributed by atoms with E-state index in [1.165, 1.54) is 0 Å². The summed E-state index contributed by atoms with van der Waals surface area (Å²) in [4.78, 5) is 0. The van der Waals surface area contributed by atoms with Crippen molar-refractivity contribution in [3.05, 3.63) is 12.2 Å². The Kier molecular flexibility index (Phi) is 1.82. The van der Waals surface area contributed by atoms with Crippen LogP contribution < -0.4 is 0 Å². The average molecular weight is 255 g/mol. The van der Waals surface area contributed by atoms with Gasteiger partial charge in [0.05, 0.1) is 30.2 Å². The van der Waals surface area contributed by atoms with Gasteiger partial charge >= 0.3 is 0 Å². The quantitative estimate of drug-likeness (QED) is 0.670. The van der Waals surface area contributed by atoms with Crippen molar-refractivity contribution < 1.29 is 5.11 Å². The average Bonchev–Trinajstić information content (AvgIpc) is 3.12. The van der Waals surface area contributed by atoms with Gasteiger partial charge < -0.3 is 5.11 Å². The van der Waals surface area contributed by atoms with E-state index in [1.54, 1.807) is 0 Å². The third-order valence-electron chi connectivity index (χ3n) is 6.61. The van der Waals surface area contributed by atoms with E-state index in [0.717, 1.165) is 12.8 Å². The molecule has 0 unspecified atom stereocenters. The Morgan fingerprint density at radius 2 is 1.89 bits per heavy atom. The van der Waals surface area contributed by atoms with Crippen molar-refractivity contribution in [1.82, 2.24) is 0 Å². The maximum Gasteiger partial charge on any atom is 0.0809 e. The number of nitrogens with zero attached hydrogens (tertiary/aromatic N) is 3. The molecule has 4 nitrogen and oxygen atoms in total. The van der Waals surface area contributed by atoms with Gasteiger partial charge in [-0.25, -0.2) is 0 Å². The summed E-state index contributed by atoms with van der Waals surface area (Å²) in [6, 6.07) is 2.95. The highest BCUT2D eigenvalue weighted by atomic mass is 16.3. The Bertz CT molecular complexity index is 536. The Morgan fingerprint density at radius 3 is 2.74 bits per heavy atom. The van der Waals surface area contributed by atoms with E-state index in [0.29, 0.717) is 41.5 Å². The molecule has 0 radical (unpaired) electrons. The molecule has 0 aromatic carbocycles. The Morgan fingerprint density at radius 1 is 1.11 bits per heavy atom. The van der Waals surface area contributed by atoms with Gasteiger partial charge in [-0.3, -0.25) is 0 Å². The van der Waals surface area contributed by atoms with E-state index >= 15 is 0 Å². The molecule has 6 aliphatic rings. The SMILES string of the molecule is N#C[C@H]1[C@@H](O)[C@H]2C[C@@H]1[C@H]1[C@H]3N=N[C@H]([C@@H]4CC=C[C@@H]43)[C@@H]21. The molecule has 2 aliphatic heterocycles. The van der Waals surface area contributed by atoms with Gasteiger partial charge in [0, 0.05) is 5.92 Å². The summed E-state index contributed by atoms with van der Waals surface area (Å²) in [5, 5.41) is 28.9. The van der Waals surface area contributed by atoms with Crippen LogP contribution in [-0.2, 0) is 0 Å². The first-order valence-corrected chi connectivity index (χ1v) is 7.45. The van der Waals surface area contributed by atoms with Gasteiger partial charge in [-0.2, -0.15) is 15.5 Å². The van der Waals surface area contributed by atoms with E-state index in [9.17, 15) is 10.4 Å². The molecule has 6 rings (SSSR count). The number of fused-ring (bicyclic) bond motifs is 2. The van der Waals surface area contributed by atoms with Crippen LogP contribution in [0.2, 0.25) is 0 Å². The highest BCUT2D eigenvalue weighted by molar-refractivity contribution is 5.24. The molecule has 0 aromatic rings. The second-order valence-electron chi connectivity index (χ2n) is 6.98. The van der Waals surface area contributed by atoms with Crippen LogP contribution in [0.25, 0.3) is 0 Å². The zero-order valence-electron chi connectivity index (χ0n) is 10.6. The van der Waals surface area contributed by atoms with Crippen molar-refractivity contribution in [2.45, 2.75) is 31.0 Å². The fourth-order valence-electron chi connectivity index (χ4n) is 6.05. The Balaban J connectivity index is 1.61. The molecule has 4 aliphatic carbocycles. The lowest BCUT2D eigenvalue weighted by Crippen LogP contribution is -2.57. The molecule has 0 spiro atoms. The van der Waals surface area contributed by atoms with Crippen LogP contribution in [-0.4, -0.2) is 23.3 Å². The number of rotatable bonds is 0. The van der Waals surface area contributed by atoms with Gasteiger partial charge in [0.25, 0.3) is 0 Å². The van der Waals surface area contributed by atoms with Gasteiger partial charge in [0.15, 0.2) is 0 Å². The number of hydrogen-bond acceptors (Lipinski definition) is 4. The minimum Gasteiger partial charge on any atom is -0.391 e. The fourth-order valence-corrected chi connectivity index (χ4v) is 6.05. The maximum absolute atomic E-state index is 10.4. The lowest BCUT2D eigenvalue weighted by molar-refractivity contribution is -0.0490. The molecule has 1 N–H and O–H groups in total. The predicted molar refractivity (Wildman–Crippen MR) is 66.9 cm³/mol. The highest BCUT2D eigenvalue weighted by Gasteiger charge is 2.67. The molecule has 0 amide bonds. The molecular formula is C15H17N3O. The molecule has 0 saturated heterocycles. The highest BCUT2D eigenvalue weighted by Crippen LogP contribution is 2.65. The molecule has 4 heteroatoms. The van der Waals surface area contributed by atoms with Gasteiger partial charge in [-0.15, -0.1) is 0 Å². The van der Waals surface area contributed by atoms with Crippen molar-refractivity contribution in [2.75, 3.05) is 0 Å². The van der Waals surface area contributed by atoms with Crippen LogP contribution in [0.15, 0.2) is 22.4 Å². The van der Waals surface area contributed by atoms with Crippen molar-refractivity contribution >= 4 is 0 Å². The number of azo groups is 1. The maximum atomic E-state index is 10.4. The summed E-state index contributed by atoms with van der Waals surface area (Å²) >= 11 is 0. The summed E-state index contributed by atoms with van der Waals surface area (Å²) < 4.78 is 0. The van der Waals surface area contributed by atoms with Gasteiger partial charge in [0.2, 0.25) is 0 Å². The fraction of sp³-hybridized carbons (Fsp3) is 0.800. The van der Waals surface area contributed by atoms with Crippen molar-refractivity contribution in [3.63, 3.8) is 0 Å². The lowest BCUT2D eigenvalue weighted by atomic mass is 9.56. The molecule has 19 heavy (non-hydrogen) atoms. The summed E-state index contributed by atoms with van der Waals surface area (Å²) in [5.74, 6) is 2.67. The molecule has 3 fully saturated rings. The first-order chi connectivity index (χ1) is 9.31. The molecule has 2 heterocycles. The van der Waals surface area contributed by atoms with E-state index < -0.39 is 6.10 Å². The van der Waals surface area contributed by atoms with Crippen LogP contribution in [0.4, 0.5) is 0 Å². The number of hydrogen-bond donors (Lipinski definition) is 1. The van der Waals surface area contributed by atoms with Crippen LogP contribution >= 0.6 is 0 Å². The minimum atomic E-state index is -0.418. The number of aliphatic hydroxyl groups excluding tert-OH is 1. The lowest BCUT2D eigenvalue weighted by Gasteiger charge is -2.52. The minimum absolute atomic E-state index is 0.162. The first kappa shape index (κ1) is 10.6. The van der Waals surface area contributed by atoms with E-state index in [4.69, 9.17) is 0 Å². The third kappa shape index (κ3) is 1.03. The first-order valence-electron chi connectivity index (χ1n) is 7.45. The van der Waals surface area contributed by atoms with E-state index in [-0.39, 0.29) is 12.0 Å². The smallest absolute Gasteiger partial charge is 0.0809 e. The second-order valence-corrected chi connectivity index (χ2v) is 6.98. The predicted octanol–water partition coefficient (Wildman–Crippen LogP) is 1.78. The standard InChI is InChI=1S/C15H17N3O/c16-5-10-8-4-9(15(10)19)12-11(8)13-6-2-1-3-7(6)14(12)18-17-13/h1-2,6-15,19H,3-4H2/t6-,7+,8-,9-,10+,11+,12-,13-,14+,15-/m0/s1. The molecule has 0 aromatic heterocycles. The van der Waals surface area contributed by atoms with Gasteiger partial charge in [0.1, 0.15) is 0 Å². The molecule has 10 atom stereocenters. The van der Waals surface area contributed by atoms with Gasteiger partial charge in [-0.1, -0.05) is 12.2 Å². The van der Waals surface area contributed by atoms with Gasteiger partial charge in [-0.05, 0) is 42.4 Å². The summed E-state index contributed by atoms with van der Waals surface area (Å²) in [7, 11) is 0. The molecule has 98 valence electrons. The number of aliphatic hydroxyl groups is 1. The molecule has 3 saturated carbocycles. The van der Waals surface area contributed by atoms with Crippen LogP contribution in [0, 0.1) is 52.8 Å². The molecule has 4 bridgehead atoms. The van der Waals surface area contributed by atoms with E-state index in [2.05, 4.69) is 28.4 Å². The van der Waals surface area contributed by atoms with Crippen LogP contribution in [0.5, 0.6) is 0 Å². The van der Waals surface area contributed by atoms with Crippen molar-refractivity contribution in [2.24, 2.45) is 51.7 Å². The van der Waals surface area contributed by atoms with Crippen LogP contribution in [0.3, 0.4) is 0 Å². The number of allylic oxidation sites excluding steroid dienone is 1. The van der Waals surface area contributed by atoms with Crippen LogP contribution in [0.1, 0.15) is 12.8 Å². The Hall–Kier alpha value is -1.21. The van der Waals surface area contributed by atoms with Crippen molar-refractivity contribution in [1.29, 1.82) is 5.26 Å². The zero-order chi connectivity index (χ0) is 12.7. The summed E-state index contributed by atoms with van der Waals surface area (Å²) in [5.41, 5.74) is 0. The zero-order valence-corrected chi connectivity index (χ0v) is 10.6. The monoisotopic (exact) mass is 255 g/mol. The normalized spacial score (nSPS) is 63.2. The third-order valence-corrected chi connectivity index (χ3v) is 6.61. The topological polar surface area (TPSA) is 68.7 Å². The molecular weight excluding hydrogens is 238 g/mol. The summed E-state index contributed by atoms with van der Waals surface area (Å²) in [6.45, 7) is 0. The largest absolute Gasteiger partial charge is 0.391 e. The second kappa shape index (κ2) is 3.27. The summed E-state index contributed by atoms with van der Waals surface area (Å²) in [6.07, 6.45) is 6.35. The van der Waals surface area contributed by atoms with Crippen molar-refractivity contribution in [3.8, 4) is 6.07 Å². The van der Waals surface area contributed by atoms with E-state index in [1.807, 2.05) is 0 Å². The Labute approximate surface area is 112 Å².